The Balaban J connectivity index is 1.24. The molecule has 0 bridgehead atoms. The molecule has 0 radical (unpaired) electrons. The highest BCUT2D eigenvalue weighted by Crippen LogP contribution is 2.32. The van der Waals surface area contributed by atoms with Crippen LogP contribution in [0, 0.1) is 17.8 Å². The van der Waals surface area contributed by atoms with E-state index in [1.807, 2.05) is 12.1 Å². The van der Waals surface area contributed by atoms with E-state index in [9.17, 15) is 4.79 Å². The van der Waals surface area contributed by atoms with Crippen LogP contribution in [0.4, 0.5) is 5.82 Å². The molecule has 7 nitrogen and oxygen atoms in total. The number of likely N-dealkylation sites (tertiary alicyclic amines) is 2. The van der Waals surface area contributed by atoms with Crippen molar-refractivity contribution in [1.82, 2.24) is 14.8 Å². The number of aromatic nitrogens is 1. The second-order valence-electron chi connectivity index (χ2n) is 9.77. The average Bonchev–Trinajstić information content (AvgIpc) is 2.83. The number of pyridine rings is 1. The van der Waals surface area contributed by atoms with Crippen molar-refractivity contribution in [2.45, 2.75) is 64.3 Å². The van der Waals surface area contributed by atoms with Crippen LogP contribution in [0.1, 0.15) is 63.4 Å². The summed E-state index contributed by atoms with van der Waals surface area (Å²) in [6, 6.07) is 3.96. The number of nitrogens with zero attached hydrogens (tertiary/aromatic N) is 4. The highest BCUT2D eigenvalue weighted by molar-refractivity contribution is 5.89. The van der Waals surface area contributed by atoms with Crippen LogP contribution in [0.2, 0.25) is 0 Å². The van der Waals surface area contributed by atoms with Crippen LogP contribution in [0.5, 0.6) is 0 Å². The molecule has 0 unspecified atom stereocenters. The molecule has 2 N–H and O–H groups in total. The molecule has 2 aliphatic heterocycles. The molecule has 3 fully saturated rings. The predicted octanol–water partition coefficient (Wildman–Crippen LogP) is 3.70. The van der Waals surface area contributed by atoms with Crippen molar-refractivity contribution in [2.75, 3.05) is 39.0 Å². The van der Waals surface area contributed by atoms with Gasteiger partial charge in [0.1, 0.15) is 12.9 Å². The lowest BCUT2D eigenvalue weighted by Crippen LogP contribution is -2.46. The summed E-state index contributed by atoms with van der Waals surface area (Å²) in [7, 11) is 1.66. The van der Waals surface area contributed by atoms with Crippen LogP contribution in [0.3, 0.4) is 0 Å². The van der Waals surface area contributed by atoms with Crippen LogP contribution in [0.25, 0.3) is 0 Å². The summed E-state index contributed by atoms with van der Waals surface area (Å²) in [6.07, 6.45) is 12.1. The van der Waals surface area contributed by atoms with Gasteiger partial charge in [-0.1, -0.05) is 24.4 Å². The number of oxime groups is 1. The highest BCUT2D eigenvalue weighted by Gasteiger charge is 2.34. The Bertz CT molecular complexity index is 776. The Morgan fingerprint density at radius 1 is 1.03 bits per heavy atom. The van der Waals surface area contributed by atoms with Crippen molar-refractivity contribution >= 4 is 17.4 Å². The Morgan fingerprint density at radius 3 is 2.34 bits per heavy atom. The highest BCUT2D eigenvalue weighted by atomic mass is 16.6. The Labute approximate surface area is 192 Å². The van der Waals surface area contributed by atoms with Gasteiger partial charge in [-0.3, -0.25) is 9.69 Å². The average molecular weight is 442 g/mol. The second-order valence-corrected chi connectivity index (χ2v) is 9.77. The fourth-order valence-electron chi connectivity index (χ4n) is 5.83. The molecule has 4 rings (SSSR count). The maximum atomic E-state index is 13.2. The van der Waals surface area contributed by atoms with Gasteiger partial charge in [-0.15, -0.1) is 0 Å². The molecule has 1 aromatic rings. The molecule has 7 heteroatoms. The number of carbonyl (C=O) groups excluding carboxylic acids is 1. The molecular weight excluding hydrogens is 402 g/mol. The molecule has 0 spiro atoms. The summed E-state index contributed by atoms with van der Waals surface area (Å²) in [5.74, 6) is 2.14. The normalized spacial score (nSPS) is 22.8. The van der Waals surface area contributed by atoms with Gasteiger partial charge in [-0.05, 0) is 69.3 Å². The number of anilines is 1. The lowest BCUT2D eigenvalue weighted by molar-refractivity contribution is -0.138. The van der Waals surface area contributed by atoms with Crippen LogP contribution in [-0.2, 0) is 16.2 Å². The van der Waals surface area contributed by atoms with Gasteiger partial charge in [0.2, 0.25) is 5.91 Å². The first-order chi connectivity index (χ1) is 15.6. The Morgan fingerprint density at radius 2 is 1.69 bits per heavy atom. The number of hydrogen-bond donors (Lipinski definition) is 1. The van der Waals surface area contributed by atoms with Crippen molar-refractivity contribution in [3.05, 3.63) is 23.9 Å². The van der Waals surface area contributed by atoms with Gasteiger partial charge in [0.25, 0.3) is 0 Å². The standard InChI is InChI=1S/C25H39N5O2/c1-32-28-24(20-5-3-2-4-6-20)21-10-15-30(16-11-21)25(31)22-8-13-29(14-9-22)18-19-7-12-27-23(26)17-19/h7,12,17,20-22H,2-6,8-11,13-16,18H2,1H3,(H2,26,27)/b28-24+. The molecule has 176 valence electrons. The van der Waals surface area contributed by atoms with Gasteiger partial charge >= 0.3 is 0 Å². The fourth-order valence-corrected chi connectivity index (χ4v) is 5.83. The third kappa shape index (κ3) is 5.80. The van der Waals surface area contributed by atoms with E-state index in [1.165, 1.54) is 43.4 Å². The second kappa shape index (κ2) is 11.1. The van der Waals surface area contributed by atoms with Gasteiger partial charge in [-0.2, -0.15) is 0 Å². The molecule has 2 saturated heterocycles. The largest absolute Gasteiger partial charge is 0.399 e. The van der Waals surface area contributed by atoms with Gasteiger partial charge in [0.05, 0.1) is 5.71 Å². The third-order valence-electron chi connectivity index (χ3n) is 7.63. The number of nitrogens with two attached hydrogens (primary N) is 1. The summed E-state index contributed by atoms with van der Waals surface area (Å²) in [5, 5.41) is 4.48. The third-order valence-corrected chi connectivity index (χ3v) is 7.63. The van der Waals surface area contributed by atoms with Gasteiger partial charge < -0.3 is 15.5 Å². The zero-order valence-corrected chi connectivity index (χ0v) is 19.5. The van der Waals surface area contributed by atoms with Gasteiger partial charge in [-0.25, -0.2) is 4.98 Å². The monoisotopic (exact) mass is 441 g/mol. The number of piperidine rings is 2. The van der Waals surface area contributed by atoms with Crippen molar-refractivity contribution in [3.8, 4) is 0 Å². The maximum Gasteiger partial charge on any atom is 0.225 e. The van der Waals surface area contributed by atoms with E-state index in [0.717, 1.165) is 58.4 Å². The zero-order chi connectivity index (χ0) is 22.3. The first-order valence-electron chi connectivity index (χ1n) is 12.5. The smallest absolute Gasteiger partial charge is 0.225 e. The summed E-state index contributed by atoms with van der Waals surface area (Å²) in [4.78, 5) is 27.0. The number of amides is 1. The van der Waals surface area contributed by atoms with Crippen LogP contribution < -0.4 is 5.73 Å². The minimum absolute atomic E-state index is 0.163. The van der Waals surface area contributed by atoms with E-state index in [-0.39, 0.29) is 5.92 Å². The molecular formula is C25H39N5O2. The summed E-state index contributed by atoms with van der Waals surface area (Å²) in [6.45, 7) is 4.51. The number of nitrogen functional groups attached to an aromatic ring is 1. The van der Waals surface area contributed by atoms with E-state index in [2.05, 4.69) is 19.9 Å². The molecule has 32 heavy (non-hydrogen) atoms. The summed E-state index contributed by atoms with van der Waals surface area (Å²) in [5.41, 5.74) is 8.26. The van der Waals surface area contributed by atoms with Crippen molar-refractivity contribution in [3.63, 3.8) is 0 Å². The minimum Gasteiger partial charge on any atom is -0.399 e. The Hall–Kier alpha value is -2.15. The predicted molar refractivity (Wildman–Crippen MR) is 127 cm³/mol. The molecule has 1 amide bonds. The fraction of sp³-hybridized carbons (Fsp3) is 0.720. The lowest BCUT2D eigenvalue weighted by atomic mass is 9.78. The summed E-state index contributed by atoms with van der Waals surface area (Å²) >= 11 is 0. The van der Waals surface area contributed by atoms with Crippen molar-refractivity contribution in [1.29, 1.82) is 0 Å². The van der Waals surface area contributed by atoms with Gasteiger partial charge in [0, 0.05) is 43.6 Å². The Kier molecular flexibility index (Phi) is 8.00. The van der Waals surface area contributed by atoms with Crippen molar-refractivity contribution in [2.24, 2.45) is 22.9 Å². The number of hydrogen-bond acceptors (Lipinski definition) is 6. The maximum absolute atomic E-state index is 13.2. The quantitative estimate of drug-likeness (QED) is 0.538. The molecule has 1 aromatic heterocycles. The van der Waals surface area contributed by atoms with E-state index in [1.54, 1.807) is 13.3 Å². The molecule has 1 saturated carbocycles. The lowest BCUT2D eigenvalue weighted by Gasteiger charge is -2.38. The topological polar surface area (TPSA) is 84.0 Å². The number of rotatable bonds is 6. The molecule has 0 aromatic carbocycles. The van der Waals surface area contributed by atoms with Crippen LogP contribution in [0.15, 0.2) is 23.5 Å². The first-order valence-corrected chi connectivity index (χ1v) is 12.5. The minimum atomic E-state index is 0.163. The van der Waals surface area contributed by atoms with E-state index < -0.39 is 0 Å². The molecule has 3 heterocycles. The van der Waals surface area contributed by atoms with Gasteiger partial charge in [0.15, 0.2) is 0 Å². The number of carbonyl (C=O) groups is 1. The summed E-state index contributed by atoms with van der Waals surface area (Å²) < 4.78 is 0. The molecule has 3 aliphatic rings. The zero-order valence-electron chi connectivity index (χ0n) is 19.5. The van der Waals surface area contributed by atoms with E-state index in [0.29, 0.717) is 23.6 Å². The van der Waals surface area contributed by atoms with Crippen LogP contribution in [-0.4, -0.2) is 59.7 Å². The first kappa shape index (κ1) is 23.0. The SMILES string of the molecule is CO/N=C(\C1CCCCC1)C1CCN(C(=O)C2CCN(Cc3ccnc(N)c3)CC2)CC1. The van der Waals surface area contributed by atoms with Crippen molar-refractivity contribution < 1.29 is 9.63 Å². The molecule has 1 aliphatic carbocycles. The molecule has 0 atom stereocenters. The van der Waals surface area contributed by atoms with E-state index >= 15 is 0 Å². The van der Waals surface area contributed by atoms with Crippen LogP contribution >= 0.6 is 0 Å². The van der Waals surface area contributed by atoms with E-state index in [4.69, 9.17) is 10.6 Å².